The SMILES string of the molecule is O=CC(F)(c1cccnc1)N1CCc2ccccc21. The number of fused-ring (bicyclic) bond motifs is 1. The van der Waals surface area contributed by atoms with Crippen LogP contribution >= 0.6 is 0 Å². The Labute approximate surface area is 110 Å². The molecule has 3 rings (SSSR count). The average Bonchev–Trinajstić information content (AvgIpc) is 2.92. The fraction of sp³-hybridized carbons (Fsp3) is 0.200. The highest BCUT2D eigenvalue weighted by Crippen LogP contribution is 2.38. The fourth-order valence-electron chi connectivity index (χ4n) is 2.53. The summed E-state index contributed by atoms with van der Waals surface area (Å²) in [6.45, 7) is 0.490. The number of carbonyl (C=O) groups is 1. The Balaban J connectivity index is 2.08. The summed E-state index contributed by atoms with van der Waals surface area (Å²) in [5.41, 5.74) is 2.11. The maximum Gasteiger partial charge on any atom is 0.266 e. The Bertz CT molecular complexity index is 602. The number of para-hydroxylation sites is 1. The van der Waals surface area contributed by atoms with Gasteiger partial charge in [-0.1, -0.05) is 24.3 Å². The number of benzene rings is 1. The zero-order valence-corrected chi connectivity index (χ0v) is 10.3. The Kier molecular flexibility index (Phi) is 2.78. The molecule has 0 spiro atoms. The largest absolute Gasteiger partial charge is 0.329 e. The van der Waals surface area contributed by atoms with Crippen molar-refractivity contribution < 1.29 is 9.18 Å². The Morgan fingerprint density at radius 1 is 1.26 bits per heavy atom. The molecule has 1 aromatic heterocycles. The zero-order chi connectivity index (χ0) is 13.3. The minimum Gasteiger partial charge on any atom is -0.329 e. The Morgan fingerprint density at radius 3 is 2.84 bits per heavy atom. The molecule has 2 heterocycles. The van der Waals surface area contributed by atoms with E-state index < -0.39 is 5.79 Å². The molecule has 0 amide bonds. The van der Waals surface area contributed by atoms with Crippen LogP contribution < -0.4 is 4.90 Å². The maximum absolute atomic E-state index is 15.2. The van der Waals surface area contributed by atoms with Gasteiger partial charge in [-0.25, -0.2) is 4.39 Å². The maximum atomic E-state index is 15.2. The van der Waals surface area contributed by atoms with E-state index in [0.29, 0.717) is 12.8 Å². The summed E-state index contributed by atoms with van der Waals surface area (Å²) in [4.78, 5) is 16.8. The van der Waals surface area contributed by atoms with Crippen molar-refractivity contribution in [2.45, 2.75) is 12.2 Å². The zero-order valence-electron chi connectivity index (χ0n) is 10.3. The molecule has 0 aliphatic carbocycles. The fourth-order valence-corrected chi connectivity index (χ4v) is 2.53. The van der Waals surface area contributed by atoms with Gasteiger partial charge in [0.25, 0.3) is 5.79 Å². The number of pyridine rings is 1. The number of hydrogen-bond acceptors (Lipinski definition) is 3. The van der Waals surface area contributed by atoms with Gasteiger partial charge in [0.1, 0.15) is 0 Å². The second kappa shape index (κ2) is 4.46. The van der Waals surface area contributed by atoms with E-state index in [-0.39, 0.29) is 5.56 Å². The van der Waals surface area contributed by atoms with E-state index in [9.17, 15) is 4.79 Å². The van der Waals surface area contributed by atoms with Crippen molar-refractivity contribution in [1.29, 1.82) is 0 Å². The normalized spacial score (nSPS) is 16.8. The predicted molar refractivity (Wildman–Crippen MR) is 70.6 cm³/mol. The second-order valence-electron chi connectivity index (χ2n) is 4.56. The van der Waals surface area contributed by atoms with Gasteiger partial charge < -0.3 is 4.90 Å². The highest BCUT2D eigenvalue weighted by Gasteiger charge is 2.42. The topological polar surface area (TPSA) is 33.2 Å². The number of nitrogens with zero attached hydrogens (tertiary/aromatic N) is 2. The summed E-state index contributed by atoms with van der Waals surface area (Å²) in [6, 6.07) is 10.8. The van der Waals surface area contributed by atoms with Crippen molar-refractivity contribution in [2.75, 3.05) is 11.4 Å². The van der Waals surface area contributed by atoms with Crippen LogP contribution in [-0.2, 0) is 17.0 Å². The first-order chi connectivity index (χ1) is 9.25. The first kappa shape index (κ1) is 11.8. The Hall–Kier alpha value is -2.23. The number of halogens is 1. The quantitative estimate of drug-likeness (QED) is 0.624. The van der Waals surface area contributed by atoms with Crippen LogP contribution in [0, 0.1) is 0 Å². The van der Waals surface area contributed by atoms with Crippen molar-refractivity contribution >= 4 is 12.0 Å². The van der Waals surface area contributed by atoms with Crippen molar-refractivity contribution in [3.63, 3.8) is 0 Å². The molecular weight excluding hydrogens is 243 g/mol. The number of alkyl halides is 1. The molecule has 0 saturated heterocycles. The highest BCUT2D eigenvalue weighted by molar-refractivity contribution is 5.75. The van der Waals surface area contributed by atoms with Crippen LogP contribution in [0.2, 0.25) is 0 Å². The van der Waals surface area contributed by atoms with Crippen LogP contribution in [0.4, 0.5) is 10.1 Å². The minimum absolute atomic E-state index is 0.265. The molecular formula is C15H13FN2O. The molecule has 96 valence electrons. The predicted octanol–water partition coefficient (Wildman–Crippen LogP) is 2.47. The van der Waals surface area contributed by atoms with E-state index in [1.807, 2.05) is 24.3 Å². The highest BCUT2D eigenvalue weighted by atomic mass is 19.1. The molecule has 0 saturated carbocycles. The molecule has 1 unspecified atom stereocenters. The van der Waals surface area contributed by atoms with E-state index in [2.05, 4.69) is 4.98 Å². The molecule has 2 aromatic rings. The van der Waals surface area contributed by atoms with Gasteiger partial charge >= 0.3 is 0 Å². The first-order valence-electron chi connectivity index (χ1n) is 6.17. The van der Waals surface area contributed by atoms with E-state index >= 15 is 4.39 Å². The average molecular weight is 256 g/mol. The molecule has 1 aliphatic heterocycles. The third-order valence-electron chi connectivity index (χ3n) is 3.50. The summed E-state index contributed by atoms with van der Waals surface area (Å²) in [5.74, 6) is -2.15. The lowest BCUT2D eigenvalue weighted by molar-refractivity contribution is -0.118. The molecule has 1 aromatic carbocycles. The Morgan fingerprint density at radius 2 is 2.11 bits per heavy atom. The van der Waals surface area contributed by atoms with Crippen LogP contribution in [0.25, 0.3) is 0 Å². The third-order valence-corrected chi connectivity index (χ3v) is 3.50. The van der Waals surface area contributed by atoms with Gasteiger partial charge in [0, 0.05) is 30.2 Å². The number of carbonyl (C=O) groups excluding carboxylic acids is 1. The molecule has 0 N–H and O–H groups in total. The van der Waals surface area contributed by atoms with E-state index in [4.69, 9.17) is 0 Å². The van der Waals surface area contributed by atoms with Crippen molar-refractivity contribution in [2.24, 2.45) is 0 Å². The van der Waals surface area contributed by atoms with Gasteiger partial charge in [0.2, 0.25) is 0 Å². The third kappa shape index (κ3) is 1.80. The summed E-state index contributed by atoms with van der Waals surface area (Å²) >= 11 is 0. The standard InChI is InChI=1S/C15H13FN2O/c16-15(11-19,13-5-3-8-17-10-13)18-9-7-12-4-1-2-6-14(12)18/h1-6,8,10-11H,7,9H2. The number of hydrogen-bond donors (Lipinski definition) is 0. The summed E-state index contributed by atoms with van der Waals surface area (Å²) in [7, 11) is 0. The lowest BCUT2D eigenvalue weighted by Crippen LogP contribution is -2.43. The molecule has 0 bridgehead atoms. The number of rotatable bonds is 3. The van der Waals surface area contributed by atoms with Crippen molar-refractivity contribution in [3.8, 4) is 0 Å². The van der Waals surface area contributed by atoms with E-state index in [1.165, 1.54) is 11.1 Å². The first-order valence-corrected chi connectivity index (χ1v) is 6.17. The summed E-state index contributed by atoms with van der Waals surface area (Å²) in [6.07, 6.45) is 4.06. The van der Waals surface area contributed by atoms with Crippen LogP contribution in [0.3, 0.4) is 0 Å². The lowest BCUT2D eigenvalue weighted by atomic mass is 10.1. The van der Waals surface area contributed by atoms with Crippen LogP contribution in [0.5, 0.6) is 0 Å². The molecule has 0 radical (unpaired) electrons. The van der Waals surface area contributed by atoms with Crippen LogP contribution in [-0.4, -0.2) is 17.8 Å². The molecule has 4 heteroatoms. The van der Waals surface area contributed by atoms with Gasteiger partial charge in [-0.05, 0) is 24.1 Å². The number of aldehydes is 1. The molecule has 19 heavy (non-hydrogen) atoms. The second-order valence-corrected chi connectivity index (χ2v) is 4.56. The van der Waals surface area contributed by atoms with E-state index in [0.717, 1.165) is 17.7 Å². The van der Waals surface area contributed by atoms with Gasteiger partial charge in [-0.3, -0.25) is 9.78 Å². The minimum atomic E-state index is -2.15. The number of aromatic nitrogens is 1. The number of anilines is 1. The monoisotopic (exact) mass is 256 g/mol. The van der Waals surface area contributed by atoms with Crippen LogP contribution in [0.15, 0.2) is 48.8 Å². The summed E-state index contributed by atoms with van der Waals surface area (Å²) < 4.78 is 15.2. The van der Waals surface area contributed by atoms with Gasteiger partial charge in [0.15, 0.2) is 6.29 Å². The smallest absolute Gasteiger partial charge is 0.266 e. The van der Waals surface area contributed by atoms with E-state index in [1.54, 1.807) is 18.3 Å². The van der Waals surface area contributed by atoms with Gasteiger partial charge in [0.05, 0.1) is 0 Å². The lowest BCUT2D eigenvalue weighted by Gasteiger charge is -2.32. The molecule has 0 fully saturated rings. The molecule has 1 aliphatic rings. The summed E-state index contributed by atoms with van der Waals surface area (Å²) in [5, 5.41) is 0. The van der Waals surface area contributed by atoms with Crippen molar-refractivity contribution in [1.82, 2.24) is 4.98 Å². The molecule has 1 atom stereocenters. The van der Waals surface area contributed by atoms with Crippen molar-refractivity contribution in [3.05, 3.63) is 59.9 Å². The van der Waals surface area contributed by atoms with Gasteiger partial charge in [-0.2, -0.15) is 0 Å². The molecule has 3 nitrogen and oxygen atoms in total. The van der Waals surface area contributed by atoms with Gasteiger partial charge in [-0.15, -0.1) is 0 Å². The van der Waals surface area contributed by atoms with Crippen LogP contribution in [0.1, 0.15) is 11.1 Å².